The first-order chi connectivity index (χ1) is 8.97. The lowest BCUT2D eigenvalue weighted by Crippen LogP contribution is -2.49. The summed E-state index contributed by atoms with van der Waals surface area (Å²) in [5, 5.41) is 3.92. The fraction of sp³-hybridized carbons (Fsp3) is 0.417. The largest absolute Gasteiger partial charge is 0.337 e. The molecule has 0 atom stereocenters. The zero-order chi connectivity index (χ0) is 13.9. The maximum atomic E-state index is 11.9. The molecule has 1 saturated heterocycles. The van der Waals surface area contributed by atoms with Crippen LogP contribution in [-0.4, -0.2) is 56.0 Å². The third kappa shape index (κ3) is 3.89. The molecule has 2 heterocycles. The van der Waals surface area contributed by atoms with E-state index < -0.39 is 10.0 Å². The van der Waals surface area contributed by atoms with Crippen LogP contribution < -0.4 is 0 Å². The fourth-order valence-corrected chi connectivity index (χ4v) is 3.34. The highest BCUT2D eigenvalue weighted by molar-refractivity contribution is 7.88. The second kappa shape index (κ2) is 5.85. The third-order valence-corrected chi connectivity index (χ3v) is 4.99. The van der Waals surface area contributed by atoms with Crippen molar-refractivity contribution in [2.45, 2.75) is 0 Å². The van der Waals surface area contributed by atoms with Gasteiger partial charge in [-0.05, 0) is 28.5 Å². The average molecular weight is 300 g/mol. The summed E-state index contributed by atoms with van der Waals surface area (Å²) in [5.41, 5.74) is 1.01. The summed E-state index contributed by atoms with van der Waals surface area (Å²) in [6.07, 6.45) is 4.51. The summed E-state index contributed by atoms with van der Waals surface area (Å²) >= 11 is 1.58. The Bertz CT molecular complexity index is 556. The van der Waals surface area contributed by atoms with Gasteiger partial charge in [0, 0.05) is 32.3 Å². The molecular formula is C12H16N2O3S2. The van der Waals surface area contributed by atoms with E-state index in [-0.39, 0.29) is 5.91 Å². The molecule has 0 N–H and O–H groups in total. The van der Waals surface area contributed by atoms with E-state index in [1.807, 2.05) is 16.8 Å². The summed E-state index contributed by atoms with van der Waals surface area (Å²) in [5.74, 6) is -0.0700. The van der Waals surface area contributed by atoms with E-state index in [0.717, 1.165) is 5.56 Å². The van der Waals surface area contributed by atoms with Gasteiger partial charge in [0.1, 0.15) is 0 Å². The minimum atomic E-state index is -3.14. The molecule has 0 spiro atoms. The molecule has 0 unspecified atom stereocenters. The second-order valence-electron chi connectivity index (χ2n) is 4.38. The van der Waals surface area contributed by atoms with Gasteiger partial charge in [-0.3, -0.25) is 4.79 Å². The Morgan fingerprint density at radius 2 is 2.00 bits per heavy atom. The van der Waals surface area contributed by atoms with Crippen LogP contribution in [-0.2, 0) is 14.8 Å². The highest BCUT2D eigenvalue weighted by Crippen LogP contribution is 2.10. The van der Waals surface area contributed by atoms with Crippen molar-refractivity contribution in [3.05, 3.63) is 28.5 Å². The normalized spacial score (nSPS) is 18.1. The molecule has 5 nitrogen and oxygen atoms in total. The zero-order valence-corrected chi connectivity index (χ0v) is 12.3. The quantitative estimate of drug-likeness (QED) is 0.778. The van der Waals surface area contributed by atoms with Crippen LogP contribution in [0.15, 0.2) is 22.9 Å². The maximum absolute atomic E-state index is 11.9. The molecule has 1 amide bonds. The average Bonchev–Trinajstić information content (AvgIpc) is 2.88. The number of piperazine rings is 1. The Hall–Kier alpha value is -1.18. The monoisotopic (exact) mass is 300 g/mol. The number of carbonyl (C=O) groups excluding carboxylic acids is 1. The Morgan fingerprint density at radius 3 is 2.53 bits per heavy atom. The maximum Gasteiger partial charge on any atom is 0.246 e. The van der Waals surface area contributed by atoms with Gasteiger partial charge in [0.25, 0.3) is 0 Å². The van der Waals surface area contributed by atoms with Gasteiger partial charge >= 0.3 is 0 Å². The molecule has 19 heavy (non-hydrogen) atoms. The number of hydrogen-bond acceptors (Lipinski definition) is 4. The molecule has 1 aromatic rings. The van der Waals surface area contributed by atoms with Crippen LogP contribution in [0.5, 0.6) is 0 Å². The van der Waals surface area contributed by atoms with Crippen LogP contribution in [0, 0.1) is 0 Å². The summed E-state index contributed by atoms with van der Waals surface area (Å²) in [6.45, 7) is 1.63. The van der Waals surface area contributed by atoms with Crippen molar-refractivity contribution in [3.63, 3.8) is 0 Å². The van der Waals surface area contributed by atoms with E-state index in [0.29, 0.717) is 26.2 Å². The molecule has 2 rings (SSSR count). The molecule has 0 saturated carbocycles. The first kappa shape index (κ1) is 14.2. The number of nitrogens with zero attached hydrogens (tertiary/aromatic N) is 2. The van der Waals surface area contributed by atoms with Crippen LogP contribution in [0.3, 0.4) is 0 Å². The number of thiophene rings is 1. The van der Waals surface area contributed by atoms with E-state index in [9.17, 15) is 13.2 Å². The van der Waals surface area contributed by atoms with Crippen molar-refractivity contribution in [1.82, 2.24) is 9.21 Å². The lowest BCUT2D eigenvalue weighted by Gasteiger charge is -2.32. The standard InChI is InChI=1S/C12H16N2O3S2/c1-19(16,17)14-7-5-13(6-8-14)12(15)3-2-11-4-9-18-10-11/h2-4,9-10H,5-8H2,1H3/b3-2+. The van der Waals surface area contributed by atoms with Crippen molar-refractivity contribution in [2.75, 3.05) is 32.4 Å². The van der Waals surface area contributed by atoms with Gasteiger partial charge < -0.3 is 4.90 Å². The minimum absolute atomic E-state index is 0.0700. The Morgan fingerprint density at radius 1 is 1.32 bits per heavy atom. The van der Waals surface area contributed by atoms with Crippen LogP contribution in [0.2, 0.25) is 0 Å². The third-order valence-electron chi connectivity index (χ3n) is 2.98. The van der Waals surface area contributed by atoms with Crippen LogP contribution >= 0.6 is 11.3 Å². The van der Waals surface area contributed by atoms with Gasteiger partial charge in [-0.2, -0.15) is 15.6 Å². The van der Waals surface area contributed by atoms with E-state index in [4.69, 9.17) is 0 Å². The number of amides is 1. The Kier molecular flexibility index (Phi) is 4.38. The molecule has 1 aliphatic heterocycles. The molecule has 0 radical (unpaired) electrons. The summed E-state index contributed by atoms with van der Waals surface area (Å²) in [4.78, 5) is 13.6. The SMILES string of the molecule is CS(=O)(=O)N1CCN(C(=O)/C=C/c2ccsc2)CC1. The van der Waals surface area contributed by atoms with Crippen LogP contribution in [0.25, 0.3) is 6.08 Å². The molecule has 1 aromatic heterocycles. The van der Waals surface area contributed by atoms with Crippen molar-refractivity contribution in [2.24, 2.45) is 0 Å². The number of sulfonamides is 1. The van der Waals surface area contributed by atoms with Crippen LogP contribution in [0.1, 0.15) is 5.56 Å². The van der Waals surface area contributed by atoms with Gasteiger partial charge in [-0.1, -0.05) is 0 Å². The van der Waals surface area contributed by atoms with Crippen molar-refractivity contribution < 1.29 is 13.2 Å². The van der Waals surface area contributed by atoms with Crippen LogP contribution in [0.4, 0.5) is 0 Å². The predicted molar refractivity (Wildman–Crippen MR) is 76.3 cm³/mol. The topological polar surface area (TPSA) is 57.7 Å². The predicted octanol–water partition coefficient (Wildman–Crippen LogP) is 0.865. The molecule has 0 bridgehead atoms. The number of carbonyl (C=O) groups is 1. The second-order valence-corrected chi connectivity index (χ2v) is 7.14. The van der Waals surface area contributed by atoms with E-state index in [1.165, 1.54) is 16.6 Å². The van der Waals surface area contributed by atoms with Crippen molar-refractivity contribution in [3.8, 4) is 0 Å². The Balaban J connectivity index is 1.89. The molecule has 7 heteroatoms. The van der Waals surface area contributed by atoms with E-state index >= 15 is 0 Å². The smallest absolute Gasteiger partial charge is 0.246 e. The zero-order valence-electron chi connectivity index (χ0n) is 10.7. The molecule has 1 aliphatic rings. The van der Waals surface area contributed by atoms with Gasteiger partial charge in [0.15, 0.2) is 0 Å². The molecule has 0 aromatic carbocycles. The minimum Gasteiger partial charge on any atom is -0.337 e. The first-order valence-corrected chi connectivity index (χ1v) is 8.70. The van der Waals surface area contributed by atoms with Gasteiger partial charge in [0.2, 0.25) is 15.9 Å². The molecule has 104 valence electrons. The van der Waals surface area contributed by atoms with Crippen molar-refractivity contribution in [1.29, 1.82) is 0 Å². The number of rotatable bonds is 3. The molecular weight excluding hydrogens is 284 g/mol. The molecule has 1 fully saturated rings. The summed E-state index contributed by atoms with van der Waals surface area (Å²) in [6, 6.07) is 1.94. The van der Waals surface area contributed by atoms with E-state index in [1.54, 1.807) is 22.3 Å². The highest BCUT2D eigenvalue weighted by Gasteiger charge is 2.24. The van der Waals surface area contributed by atoms with Gasteiger partial charge in [0.05, 0.1) is 6.26 Å². The first-order valence-electron chi connectivity index (χ1n) is 5.91. The van der Waals surface area contributed by atoms with E-state index in [2.05, 4.69) is 0 Å². The highest BCUT2D eigenvalue weighted by atomic mass is 32.2. The van der Waals surface area contributed by atoms with Gasteiger partial charge in [-0.15, -0.1) is 0 Å². The Labute approximate surface area is 117 Å². The molecule has 0 aliphatic carbocycles. The summed E-state index contributed by atoms with van der Waals surface area (Å²) < 4.78 is 24.1. The lowest BCUT2D eigenvalue weighted by atomic mass is 10.3. The van der Waals surface area contributed by atoms with Gasteiger partial charge in [-0.25, -0.2) is 8.42 Å². The fourth-order valence-electron chi connectivity index (χ4n) is 1.88. The lowest BCUT2D eigenvalue weighted by molar-refractivity contribution is -0.127. The number of hydrogen-bond donors (Lipinski definition) is 0. The summed E-state index contributed by atoms with van der Waals surface area (Å²) in [7, 11) is -3.14. The van der Waals surface area contributed by atoms with Crippen molar-refractivity contribution >= 4 is 33.3 Å².